The summed E-state index contributed by atoms with van der Waals surface area (Å²) in [6.45, 7) is 11.3. The van der Waals surface area contributed by atoms with Crippen molar-refractivity contribution in [1.29, 1.82) is 0 Å². The zero-order chi connectivity index (χ0) is 18.7. The fourth-order valence-corrected chi connectivity index (χ4v) is 2.43. The Kier molecular flexibility index (Phi) is 11.3. The molecule has 2 atom stereocenters. The van der Waals surface area contributed by atoms with Gasteiger partial charge in [-0.2, -0.15) is 4.21 Å². The first-order valence-corrected chi connectivity index (χ1v) is 9.26. The van der Waals surface area contributed by atoms with E-state index in [1.54, 1.807) is 13.8 Å². The fraction of sp³-hybridized carbons (Fsp3) is 0.667. The largest absolute Gasteiger partial charge is 0.422 e. The van der Waals surface area contributed by atoms with E-state index in [-0.39, 0.29) is 0 Å². The van der Waals surface area contributed by atoms with Crippen molar-refractivity contribution in [3.8, 4) is 0 Å². The average molecular weight is 359 g/mol. The van der Waals surface area contributed by atoms with Crippen LogP contribution in [0.2, 0.25) is 0 Å². The minimum atomic E-state index is -2.38. The van der Waals surface area contributed by atoms with Gasteiger partial charge in [0.25, 0.3) is 0 Å². The number of hydrogen-bond donors (Lipinski definition) is 0. The van der Waals surface area contributed by atoms with Gasteiger partial charge < -0.3 is 8.37 Å². The monoisotopic (exact) mass is 358 g/mol. The lowest BCUT2D eigenvalue weighted by Crippen LogP contribution is -2.21. The second kappa shape index (κ2) is 12.0. The zero-order valence-electron chi connectivity index (χ0n) is 15.6. The molecule has 0 spiro atoms. The van der Waals surface area contributed by atoms with E-state index in [1.165, 1.54) is 11.1 Å². The summed E-state index contributed by atoms with van der Waals surface area (Å²) in [6, 6.07) is 0. The van der Waals surface area contributed by atoms with Crippen LogP contribution in [0, 0.1) is 11.8 Å². The van der Waals surface area contributed by atoms with E-state index in [0.717, 1.165) is 12.8 Å². The Bertz CT molecular complexity index is 456. The zero-order valence-corrected chi connectivity index (χ0v) is 16.4. The van der Waals surface area contributed by atoms with Gasteiger partial charge in [-0.3, -0.25) is 9.59 Å². The van der Waals surface area contributed by atoms with Gasteiger partial charge in [0, 0.05) is 0 Å². The molecule has 0 N–H and O–H groups in total. The third kappa shape index (κ3) is 11.2. The van der Waals surface area contributed by atoms with E-state index in [1.807, 2.05) is 39.8 Å². The molecule has 0 heterocycles. The van der Waals surface area contributed by atoms with E-state index in [2.05, 4.69) is 0 Å². The van der Waals surface area contributed by atoms with Crippen molar-refractivity contribution in [1.82, 2.24) is 0 Å². The molecule has 0 amide bonds. The van der Waals surface area contributed by atoms with Gasteiger partial charge in [0.05, 0.1) is 11.8 Å². The Morgan fingerprint density at radius 2 is 1.17 bits per heavy atom. The van der Waals surface area contributed by atoms with Crippen LogP contribution in [0.25, 0.3) is 0 Å². The second-order valence-electron chi connectivity index (χ2n) is 6.53. The van der Waals surface area contributed by atoms with Gasteiger partial charge in [-0.25, -0.2) is 0 Å². The molecular formula is C18H30O5S. The molecule has 0 aromatic rings. The van der Waals surface area contributed by atoms with Crippen LogP contribution in [0.15, 0.2) is 23.3 Å². The quantitative estimate of drug-likeness (QED) is 0.541. The Hall–Kier alpha value is -1.43. The highest BCUT2D eigenvalue weighted by atomic mass is 32.2. The van der Waals surface area contributed by atoms with Gasteiger partial charge in [0.1, 0.15) is 0 Å². The van der Waals surface area contributed by atoms with E-state index >= 15 is 0 Å². The predicted octanol–water partition coefficient (Wildman–Crippen LogP) is 4.42. The Labute approximate surface area is 148 Å². The first-order valence-electron chi connectivity index (χ1n) is 8.26. The lowest BCUT2D eigenvalue weighted by Gasteiger charge is -2.11. The Balaban J connectivity index is 4.22. The number of carbonyl (C=O) groups is 2. The van der Waals surface area contributed by atoms with Crippen molar-refractivity contribution in [3.63, 3.8) is 0 Å². The lowest BCUT2D eigenvalue weighted by atomic mass is 10.1. The number of rotatable bonds is 10. The fourth-order valence-electron chi connectivity index (χ4n) is 1.80. The lowest BCUT2D eigenvalue weighted by molar-refractivity contribution is -0.141. The minimum absolute atomic E-state index is 0.404. The van der Waals surface area contributed by atoms with Crippen molar-refractivity contribution in [2.75, 3.05) is 0 Å². The van der Waals surface area contributed by atoms with Crippen LogP contribution in [0.5, 0.6) is 0 Å². The molecule has 0 aliphatic rings. The molecule has 0 bridgehead atoms. The molecule has 0 fully saturated rings. The molecule has 6 heteroatoms. The molecule has 0 aromatic heterocycles. The average Bonchev–Trinajstić information content (AvgIpc) is 2.45. The minimum Gasteiger partial charge on any atom is -0.334 e. The highest BCUT2D eigenvalue weighted by Crippen LogP contribution is 2.13. The summed E-state index contributed by atoms with van der Waals surface area (Å²) < 4.78 is 21.0. The van der Waals surface area contributed by atoms with Crippen LogP contribution in [0.3, 0.4) is 0 Å². The van der Waals surface area contributed by atoms with E-state index in [9.17, 15) is 13.8 Å². The number of allylic oxidation sites excluding steroid dienone is 4. The van der Waals surface area contributed by atoms with Crippen molar-refractivity contribution in [2.24, 2.45) is 11.8 Å². The van der Waals surface area contributed by atoms with Crippen LogP contribution < -0.4 is 0 Å². The maximum atomic E-state index is 11.8. The number of hydrogen-bond acceptors (Lipinski definition) is 5. The van der Waals surface area contributed by atoms with E-state index in [4.69, 9.17) is 8.37 Å². The maximum Gasteiger partial charge on any atom is 0.422 e. The summed E-state index contributed by atoms with van der Waals surface area (Å²) in [6.07, 6.45) is 6.71. The van der Waals surface area contributed by atoms with Gasteiger partial charge in [-0.1, -0.05) is 37.1 Å². The third-order valence-corrected chi connectivity index (χ3v) is 4.01. The third-order valence-electron chi connectivity index (χ3n) is 3.41. The van der Waals surface area contributed by atoms with Crippen molar-refractivity contribution < 1.29 is 22.2 Å². The maximum absolute atomic E-state index is 11.8. The van der Waals surface area contributed by atoms with E-state index < -0.39 is 35.1 Å². The Morgan fingerprint density at radius 3 is 1.46 bits per heavy atom. The molecule has 2 unspecified atom stereocenters. The van der Waals surface area contributed by atoms with Crippen LogP contribution in [-0.2, 0) is 29.3 Å². The van der Waals surface area contributed by atoms with Gasteiger partial charge in [-0.15, -0.1) is 0 Å². The molecule has 0 rings (SSSR count). The van der Waals surface area contributed by atoms with Gasteiger partial charge >= 0.3 is 23.3 Å². The second-order valence-corrected chi connectivity index (χ2v) is 7.27. The summed E-state index contributed by atoms with van der Waals surface area (Å²) in [5.41, 5.74) is 2.35. The molecule has 24 heavy (non-hydrogen) atoms. The molecule has 0 aliphatic heterocycles. The molecular weight excluding hydrogens is 328 g/mol. The highest BCUT2D eigenvalue weighted by Gasteiger charge is 2.22. The standard InChI is InChI=1S/C18H30O5S/c1-13(2)9-7-11-15(5)17(19)22-24(21)23-18(20)16(6)12-8-10-14(3)4/h9-10,15-16H,7-8,11-12H2,1-6H3. The molecule has 0 saturated heterocycles. The molecule has 0 saturated carbocycles. The summed E-state index contributed by atoms with van der Waals surface area (Å²) >= 11 is -2.38. The van der Waals surface area contributed by atoms with Gasteiger partial charge in [0.2, 0.25) is 0 Å². The summed E-state index contributed by atoms with van der Waals surface area (Å²) in [4.78, 5) is 23.6. The topological polar surface area (TPSA) is 69.7 Å². The summed E-state index contributed by atoms with van der Waals surface area (Å²) in [5, 5.41) is 0. The van der Waals surface area contributed by atoms with Crippen LogP contribution in [0.1, 0.15) is 67.2 Å². The smallest absolute Gasteiger partial charge is 0.334 e. The predicted molar refractivity (Wildman–Crippen MR) is 96.0 cm³/mol. The van der Waals surface area contributed by atoms with Crippen molar-refractivity contribution >= 4 is 23.3 Å². The molecule has 5 nitrogen and oxygen atoms in total. The number of carbonyl (C=O) groups excluding carboxylic acids is 2. The van der Waals surface area contributed by atoms with Crippen LogP contribution in [0.4, 0.5) is 0 Å². The summed E-state index contributed by atoms with van der Waals surface area (Å²) in [5.74, 6) is -2.06. The molecule has 0 radical (unpaired) electrons. The normalized spacial score (nSPS) is 14.1. The van der Waals surface area contributed by atoms with Crippen LogP contribution >= 0.6 is 0 Å². The van der Waals surface area contributed by atoms with Crippen molar-refractivity contribution in [3.05, 3.63) is 23.3 Å². The first-order chi connectivity index (χ1) is 11.1. The van der Waals surface area contributed by atoms with Crippen molar-refractivity contribution in [2.45, 2.75) is 67.2 Å². The van der Waals surface area contributed by atoms with Gasteiger partial charge in [-0.05, 0) is 53.4 Å². The molecule has 138 valence electrons. The highest BCUT2D eigenvalue weighted by molar-refractivity contribution is 7.76. The van der Waals surface area contributed by atoms with Crippen LogP contribution in [-0.4, -0.2) is 16.1 Å². The Morgan fingerprint density at radius 1 is 0.833 bits per heavy atom. The molecule has 0 aromatic carbocycles. The first kappa shape index (κ1) is 22.6. The van der Waals surface area contributed by atoms with Gasteiger partial charge in [0.15, 0.2) is 0 Å². The molecule has 0 aliphatic carbocycles. The van der Waals surface area contributed by atoms with E-state index in [0.29, 0.717) is 12.8 Å². The summed E-state index contributed by atoms with van der Waals surface area (Å²) in [7, 11) is 0. The SMILES string of the molecule is CC(C)=CCCC(C)C(=O)OS(=O)OC(=O)C(C)CCC=C(C)C.